The predicted molar refractivity (Wildman–Crippen MR) is 156 cm³/mol. The van der Waals surface area contributed by atoms with Crippen molar-refractivity contribution in [2.45, 2.75) is 111 Å². The van der Waals surface area contributed by atoms with E-state index in [1.54, 1.807) is 32.6 Å². The third kappa shape index (κ3) is 13.3. The molecule has 0 saturated carbocycles. The molecule has 1 heterocycles. The van der Waals surface area contributed by atoms with Gasteiger partial charge < -0.3 is 29.7 Å². The number of benzene rings is 1. The van der Waals surface area contributed by atoms with Crippen molar-refractivity contribution in [2.24, 2.45) is 5.92 Å². The van der Waals surface area contributed by atoms with E-state index in [4.69, 9.17) is 14.2 Å². The number of nitrogens with one attached hydrogen (secondary N) is 2. The maximum atomic E-state index is 12.6. The average molecular weight is 576 g/mol. The molecule has 10 heteroatoms. The molecule has 1 aliphatic rings. The monoisotopic (exact) mass is 575 g/mol. The number of ether oxygens (including phenoxy) is 3. The van der Waals surface area contributed by atoms with E-state index < -0.39 is 29.1 Å². The Hall–Kier alpha value is -3.30. The summed E-state index contributed by atoms with van der Waals surface area (Å²) in [6.07, 6.45) is 2.45. The van der Waals surface area contributed by atoms with Crippen LogP contribution in [0.2, 0.25) is 0 Å². The minimum atomic E-state index is -0.753. The van der Waals surface area contributed by atoms with Gasteiger partial charge in [-0.05, 0) is 104 Å². The second-order valence-electron chi connectivity index (χ2n) is 12.8. The SMILES string of the molecule is Cc1ccc(OCCC2CCCN(C(=O)OC(C)(C)C)C2)cc1CNC(=O)C(C)NC(=O)CCC(=O)OC(C)(C)C. The van der Waals surface area contributed by atoms with Gasteiger partial charge in [-0.25, -0.2) is 4.79 Å². The molecule has 1 fully saturated rings. The van der Waals surface area contributed by atoms with Crippen LogP contribution >= 0.6 is 0 Å². The summed E-state index contributed by atoms with van der Waals surface area (Å²) in [5, 5.41) is 5.48. The van der Waals surface area contributed by atoms with E-state index >= 15 is 0 Å². The van der Waals surface area contributed by atoms with Gasteiger partial charge in [0.1, 0.15) is 23.0 Å². The molecule has 230 valence electrons. The summed E-state index contributed by atoms with van der Waals surface area (Å²) in [7, 11) is 0. The van der Waals surface area contributed by atoms with E-state index in [0.29, 0.717) is 31.4 Å². The summed E-state index contributed by atoms with van der Waals surface area (Å²) in [5.74, 6) is -0.112. The summed E-state index contributed by atoms with van der Waals surface area (Å²) in [5.41, 5.74) is 0.798. The summed E-state index contributed by atoms with van der Waals surface area (Å²) >= 11 is 0. The zero-order valence-electron chi connectivity index (χ0n) is 26.1. The molecular formula is C31H49N3O7. The van der Waals surface area contributed by atoms with Gasteiger partial charge in [0.05, 0.1) is 13.0 Å². The van der Waals surface area contributed by atoms with E-state index in [1.807, 2.05) is 45.9 Å². The van der Waals surface area contributed by atoms with Crippen molar-refractivity contribution >= 4 is 23.9 Å². The molecule has 2 atom stereocenters. The van der Waals surface area contributed by atoms with Crippen molar-refractivity contribution in [1.82, 2.24) is 15.5 Å². The van der Waals surface area contributed by atoms with E-state index in [9.17, 15) is 19.2 Å². The molecular weight excluding hydrogens is 526 g/mol. The number of carbonyl (C=O) groups is 4. The van der Waals surface area contributed by atoms with Crippen LogP contribution in [0.4, 0.5) is 4.79 Å². The Bertz CT molecular complexity index is 1060. The van der Waals surface area contributed by atoms with Gasteiger partial charge in [-0.15, -0.1) is 0 Å². The number of rotatable bonds is 11. The van der Waals surface area contributed by atoms with Gasteiger partial charge in [-0.2, -0.15) is 0 Å². The van der Waals surface area contributed by atoms with Crippen LogP contribution in [-0.2, 0) is 30.4 Å². The minimum Gasteiger partial charge on any atom is -0.494 e. The third-order valence-electron chi connectivity index (χ3n) is 6.49. The number of esters is 1. The highest BCUT2D eigenvalue weighted by atomic mass is 16.6. The summed E-state index contributed by atoms with van der Waals surface area (Å²) in [4.78, 5) is 50.8. The maximum Gasteiger partial charge on any atom is 0.410 e. The molecule has 0 aliphatic carbocycles. The summed E-state index contributed by atoms with van der Waals surface area (Å²) in [6, 6.07) is 5.01. The summed E-state index contributed by atoms with van der Waals surface area (Å²) in [6.45, 7) is 16.7. The number of nitrogens with zero attached hydrogens (tertiary/aromatic N) is 1. The fourth-order valence-electron chi connectivity index (χ4n) is 4.39. The molecule has 1 saturated heterocycles. The Labute approximate surface area is 244 Å². The molecule has 1 aromatic carbocycles. The van der Waals surface area contributed by atoms with E-state index in [-0.39, 0.29) is 31.4 Å². The highest BCUT2D eigenvalue weighted by molar-refractivity contribution is 5.88. The van der Waals surface area contributed by atoms with Crippen molar-refractivity contribution < 1.29 is 33.4 Å². The van der Waals surface area contributed by atoms with Crippen molar-refractivity contribution in [3.05, 3.63) is 29.3 Å². The summed E-state index contributed by atoms with van der Waals surface area (Å²) < 4.78 is 16.7. The molecule has 0 spiro atoms. The van der Waals surface area contributed by atoms with Crippen molar-refractivity contribution in [2.75, 3.05) is 19.7 Å². The molecule has 10 nitrogen and oxygen atoms in total. The molecule has 2 unspecified atom stereocenters. The molecule has 3 amide bonds. The maximum absolute atomic E-state index is 12.6. The number of aryl methyl sites for hydroxylation is 1. The average Bonchev–Trinajstić information content (AvgIpc) is 2.85. The van der Waals surface area contributed by atoms with Gasteiger partial charge in [-0.1, -0.05) is 6.07 Å². The predicted octanol–water partition coefficient (Wildman–Crippen LogP) is 4.65. The molecule has 2 N–H and O–H groups in total. The Morgan fingerprint density at radius 2 is 1.71 bits per heavy atom. The van der Waals surface area contributed by atoms with E-state index in [2.05, 4.69) is 10.6 Å². The smallest absolute Gasteiger partial charge is 0.410 e. The lowest BCUT2D eigenvalue weighted by molar-refractivity contribution is -0.155. The Balaban J connectivity index is 1.77. The van der Waals surface area contributed by atoms with Crippen molar-refractivity contribution in [3.63, 3.8) is 0 Å². The quantitative estimate of drug-likeness (QED) is 0.368. The van der Waals surface area contributed by atoms with Gasteiger partial charge >= 0.3 is 12.1 Å². The van der Waals surface area contributed by atoms with Gasteiger partial charge in [0.2, 0.25) is 11.8 Å². The van der Waals surface area contributed by atoms with Crippen LogP contribution in [0.15, 0.2) is 18.2 Å². The molecule has 41 heavy (non-hydrogen) atoms. The fourth-order valence-corrected chi connectivity index (χ4v) is 4.39. The van der Waals surface area contributed by atoms with E-state index in [0.717, 1.165) is 30.4 Å². The second-order valence-corrected chi connectivity index (χ2v) is 12.8. The van der Waals surface area contributed by atoms with Crippen molar-refractivity contribution in [3.8, 4) is 5.75 Å². The Morgan fingerprint density at radius 3 is 2.37 bits per heavy atom. The minimum absolute atomic E-state index is 0.0494. The topological polar surface area (TPSA) is 123 Å². The molecule has 1 aromatic rings. The number of hydrogen-bond acceptors (Lipinski definition) is 7. The fraction of sp³-hybridized carbons (Fsp3) is 0.677. The lowest BCUT2D eigenvalue weighted by Gasteiger charge is -2.34. The molecule has 1 aliphatic heterocycles. The van der Waals surface area contributed by atoms with Crippen LogP contribution < -0.4 is 15.4 Å². The normalized spacial score (nSPS) is 16.4. The van der Waals surface area contributed by atoms with Crippen LogP contribution in [0.25, 0.3) is 0 Å². The first-order chi connectivity index (χ1) is 19.0. The van der Waals surface area contributed by atoms with Gasteiger partial charge in [0, 0.05) is 26.1 Å². The van der Waals surface area contributed by atoms with Gasteiger partial charge in [-0.3, -0.25) is 14.4 Å². The van der Waals surface area contributed by atoms with Gasteiger partial charge in [0.15, 0.2) is 0 Å². The van der Waals surface area contributed by atoms with Crippen LogP contribution in [0, 0.1) is 12.8 Å². The van der Waals surface area contributed by atoms with Crippen LogP contribution in [-0.4, -0.2) is 65.7 Å². The number of hydrogen-bond donors (Lipinski definition) is 2. The number of piperidine rings is 1. The molecule has 0 radical (unpaired) electrons. The van der Waals surface area contributed by atoms with E-state index in [1.165, 1.54) is 0 Å². The van der Waals surface area contributed by atoms with Crippen LogP contribution in [0.5, 0.6) is 5.75 Å². The van der Waals surface area contributed by atoms with Crippen LogP contribution in [0.3, 0.4) is 0 Å². The zero-order valence-corrected chi connectivity index (χ0v) is 26.1. The van der Waals surface area contributed by atoms with Crippen LogP contribution in [0.1, 0.15) is 91.7 Å². The standard InChI is InChI=1S/C31H49N3O7/c1-21-11-12-25(39-17-15-23-10-9-16-34(20-23)29(38)41-31(6,7)8)18-24(21)19-32-28(37)22(2)33-26(35)13-14-27(36)40-30(3,4)5/h11-12,18,22-23H,9-10,13-17,19-20H2,1-8H3,(H,32,37)(H,33,35). The number of amides is 3. The van der Waals surface area contributed by atoms with Gasteiger partial charge in [0.25, 0.3) is 0 Å². The molecule has 2 rings (SSSR count). The number of likely N-dealkylation sites (tertiary alicyclic amines) is 1. The largest absolute Gasteiger partial charge is 0.494 e. The lowest BCUT2D eigenvalue weighted by Crippen LogP contribution is -2.44. The molecule has 0 bridgehead atoms. The molecule has 0 aromatic heterocycles. The Kier molecular flexibility index (Phi) is 12.5. The van der Waals surface area contributed by atoms with Crippen molar-refractivity contribution in [1.29, 1.82) is 0 Å². The first-order valence-electron chi connectivity index (χ1n) is 14.5. The zero-order chi connectivity index (χ0) is 30.8. The second kappa shape index (κ2) is 15.1. The first-order valence-corrected chi connectivity index (χ1v) is 14.5. The lowest BCUT2D eigenvalue weighted by atomic mass is 9.95. The highest BCUT2D eigenvalue weighted by Crippen LogP contribution is 2.23. The number of carbonyl (C=O) groups excluding carboxylic acids is 4. The Morgan fingerprint density at radius 1 is 1.02 bits per heavy atom. The third-order valence-corrected chi connectivity index (χ3v) is 6.49. The first kappa shape index (κ1) is 33.9. The highest BCUT2D eigenvalue weighted by Gasteiger charge is 2.27.